The predicted molar refractivity (Wildman–Crippen MR) is 108 cm³/mol. The van der Waals surface area contributed by atoms with Gasteiger partial charge < -0.3 is 9.80 Å². The van der Waals surface area contributed by atoms with E-state index in [4.69, 9.17) is 0 Å². The van der Waals surface area contributed by atoms with E-state index in [-0.39, 0.29) is 18.4 Å². The van der Waals surface area contributed by atoms with Crippen LogP contribution in [0.5, 0.6) is 0 Å². The number of likely N-dealkylation sites (N-methyl/N-ethyl adjacent to an activating group) is 2. The molecule has 136 valence electrons. The number of para-hydroxylation sites is 1. The quantitative estimate of drug-likeness (QED) is 0.643. The van der Waals surface area contributed by atoms with E-state index in [1.54, 1.807) is 23.3 Å². The Morgan fingerprint density at radius 2 is 1.77 bits per heavy atom. The number of carbonyl (C=O) groups excluding carboxylic acids is 2. The van der Waals surface area contributed by atoms with Crippen LogP contribution in [0.3, 0.4) is 0 Å². The molecule has 3 aromatic rings. The van der Waals surface area contributed by atoms with Crippen molar-refractivity contribution in [2.45, 2.75) is 13.8 Å². The SMILES string of the molecule is CCN(CC)C(=O)CN(C)C(=O)c1ccc(-c2nc3ccccc3s2)s1. The van der Waals surface area contributed by atoms with Crippen molar-refractivity contribution in [2.75, 3.05) is 26.7 Å². The second-order valence-corrected chi connectivity index (χ2v) is 7.99. The van der Waals surface area contributed by atoms with Crippen LogP contribution in [-0.4, -0.2) is 53.3 Å². The molecule has 0 atom stereocenters. The Morgan fingerprint density at radius 3 is 2.46 bits per heavy atom. The van der Waals surface area contributed by atoms with Gasteiger partial charge in [0.1, 0.15) is 5.01 Å². The average Bonchev–Trinajstić information content (AvgIpc) is 3.28. The van der Waals surface area contributed by atoms with Crippen molar-refractivity contribution in [2.24, 2.45) is 0 Å². The zero-order valence-corrected chi connectivity index (χ0v) is 16.7. The van der Waals surface area contributed by atoms with Crippen molar-refractivity contribution in [1.82, 2.24) is 14.8 Å². The molecule has 2 aromatic heterocycles. The van der Waals surface area contributed by atoms with E-state index in [0.29, 0.717) is 18.0 Å². The monoisotopic (exact) mass is 387 g/mol. The molecule has 1 aromatic carbocycles. The lowest BCUT2D eigenvalue weighted by atomic mass is 10.3. The van der Waals surface area contributed by atoms with Crippen LogP contribution in [0.1, 0.15) is 23.5 Å². The van der Waals surface area contributed by atoms with E-state index in [1.807, 2.05) is 50.2 Å². The van der Waals surface area contributed by atoms with E-state index in [0.717, 1.165) is 20.1 Å². The van der Waals surface area contributed by atoms with Crippen molar-refractivity contribution in [1.29, 1.82) is 0 Å². The van der Waals surface area contributed by atoms with Gasteiger partial charge in [-0.2, -0.15) is 0 Å². The van der Waals surface area contributed by atoms with Crippen molar-refractivity contribution < 1.29 is 9.59 Å². The van der Waals surface area contributed by atoms with Crippen LogP contribution in [0.15, 0.2) is 36.4 Å². The second-order valence-electron chi connectivity index (χ2n) is 5.88. The zero-order valence-electron chi connectivity index (χ0n) is 15.1. The maximum Gasteiger partial charge on any atom is 0.264 e. The number of carbonyl (C=O) groups is 2. The highest BCUT2D eigenvalue weighted by Gasteiger charge is 2.20. The smallest absolute Gasteiger partial charge is 0.264 e. The number of aromatic nitrogens is 1. The van der Waals surface area contributed by atoms with E-state index >= 15 is 0 Å². The molecule has 0 aliphatic heterocycles. The number of nitrogens with zero attached hydrogens (tertiary/aromatic N) is 3. The van der Waals surface area contributed by atoms with Crippen LogP contribution in [0.25, 0.3) is 20.1 Å². The molecule has 0 aliphatic carbocycles. The van der Waals surface area contributed by atoms with Crippen LogP contribution in [0.4, 0.5) is 0 Å². The molecular weight excluding hydrogens is 366 g/mol. The molecule has 0 unspecified atom stereocenters. The highest BCUT2D eigenvalue weighted by atomic mass is 32.1. The maximum atomic E-state index is 12.6. The summed E-state index contributed by atoms with van der Waals surface area (Å²) in [4.78, 5) is 34.3. The van der Waals surface area contributed by atoms with Gasteiger partial charge in [0.15, 0.2) is 0 Å². The van der Waals surface area contributed by atoms with Crippen LogP contribution in [0, 0.1) is 0 Å². The Labute approximate surface area is 160 Å². The number of thiazole rings is 1. The number of rotatable bonds is 6. The molecule has 0 radical (unpaired) electrons. The Hall–Kier alpha value is -2.25. The highest BCUT2D eigenvalue weighted by molar-refractivity contribution is 7.26. The predicted octanol–water partition coefficient (Wildman–Crippen LogP) is 3.97. The number of benzene rings is 1. The lowest BCUT2D eigenvalue weighted by Gasteiger charge is -2.22. The third kappa shape index (κ3) is 3.78. The van der Waals surface area contributed by atoms with E-state index in [9.17, 15) is 9.59 Å². The largest absolute Gasteiger partial charge is 0.342 e. The molecule has 2 amide bonds. The van der Waals surface area contributed by atoms with Gasteiger partial charge in [-0.3, -0.25) is 9.59 Å². The van der Waals surface area contributed by atoms with Gasteiger partial charge in [0, 0.05) is 20.1 Å². The molecule has 3 rings (SSSR count). The van der Waals surface area contributed by atoms with E-state index < -0.39 is 0 Å². The fraction of sp³-hybridized carbons (Fsp3) is 0.316. The summed E-state index contributed by atoms with van der Waals surface area (Å²) in [7, 11) is 1.67. The summed E-state index contributed by atoms with van der Waals surface area (Å²) < 4.78 is 1.13. The fourth-order valence-corrected chi connectivity index (χ4v) is 4.71. The van der Waals surface area contributed by atoms with Crippen molar-refractivity contribution in [3.05, 3.63) is 41.3 Å². The number of thiophene rings is 1. The molecule has 0 bridgehead atoms. The summed E-state index contributed by atoms with van der Waals surface area (Å²) in [6.45, 7) is 5.27. The molecule has 7 heteroatoms. The van der Waals surface area contributed by atoms with Crippen molar-refractivity contribution in [3.8, 4) is 9.88 Å². The number of fused-ring (bicyclic) bond motifs is 1. The minimum absolute atomic E-state index is 0.0335. The highest BCUT2D eigenvalue weighted by Crippen LogP contribution is 2.34. The van der Waals surface area contributed by atoms with Crippen LogP contribution >= 0.6 is 22.7 Å². The third-order valence-corrected chi connectivity index (χ3v) is 6.44. The standard InChI is InChI=1S/C19H21N3O2S2/c1-4-22(5-2)17(23)12-21(3)19(24)16-11-10-15(25-16)18-20-13-8-6-7-9-14(13)26-18/h6-11H,4-5,12H2,1-3H3. The molecule has 0 saturated heterocycles. The molecule has 2 heterocycles. The molecule has 26 heavy (non-hydrogen) atoms. The first-order valence-electron chi connectivity index (χ1n) is 8.52. The van der Waals surface area contributed by atoms with Crippen molar-refractivity contribution in [3.63, 3.8) is 0 Å². The first-order valence-corrected chi connectivity index (χ1v) is 10.2. The van der Waals surface area contributed by atoms with Crippen LogP contribution < -0.4 is 0 Å². The average molecular weight is 388 g/mol. The molecule has 0 spiro atoms. The lowest BCUT2D eigenvalue weighted by Crippen LogP contribution is -2.40. The fourth-order valence-electron chi connectivity index (χ4n) is 2.68. The third-order valence-electron chi connectivity index (χ3n) is 4.16. The number of hydrogen-bond donors (Lipinski definition) is 0. The second kappa shape index (κ2) is 7.97. The topological polar surface area (TPSA) is 53.5 Å². The summed E-state index contributed by atoms with van der Waals surface area (Å²) in [5.41, 5.74) is 0.968. The molecule has 0 fully saturated rings. The van der Waals surface area contributed by atoms with Gasteiger partial charge in [-0.25, -0.2) is 4.98 Å². The van der Waals surface area contributed by atoms with Crippen LogP contribution in [0.2, 0.25) is 0 Å². The van der Waals surface area contributed by atoms with Gasteiger partial charge in [0.25, 0.3) is 5.91 Å². The Morgan fingerprint density at radius 1 is 1.04 bits per heavy atom. The summed E-state index contributed by atoms with van der Waals surface area (Å²) in [6.07, 6.45) is 0. The minimum atomic E-state index is -0.136. The first kappa shape index (κ1) is 18.5. The normalized spacial score (nSPS) is 10.9. The van der Waals surface area contributed by atoms with Gasteiger partial charge in [0.05, 0.1) is 26.5 Å². The van der Waals surface area contributed by atoms with Gasteiger partial charge in [0.2, 0.25) is 5.91 Å². The zero-order chi connectivity index (χ0) is 18.7. The van der Waals surface area contributed by atoms with Gasteiger partial charge in [-0.15, -0.1) is 22.7 Å². The Balaban J connectivity index is 1.74. The Bertz CT molecular complexity index is 895. The van der Waals surface area contributed by atoms with E-state index in [1.165, 1.54) is 16.2 Å². The molecule has 0 N–H and O–H groups in total. The van der Waals surface area contributed by atoms with Gasteiger partial charge >= 0.3 is 0 Å². The van der Waals surface area contributed by atoms with Crippen LogP contribution in [-0.2, 0) is 4.79 Å². The number of hydrogen-bond acceptors (Lipinski definition) is 5. The minimum Gasteiger partial charge on any atom is -0.342 e. The molecule has 5 nitrogen and oxygen atoms in total. The summed E-state index contributed by atoms with van der Waals surface area (Å²) in [5, 5.41) is 0.914. The molecule has 0 saturated carbocycles. The summed E-state index contributed by atoms with van der Waals surface area (Å²) in [5.74, 6) is -0.170. The summed E-state index contributed by atoms with van der Waals surface area (Å²) in [6, 6.07) is 11.7. The first-order chi connectivity index (χ1) is 12.5. The maximum absolute atomic E-state index is 12.6. The Kier molecular flexibility index (Phi) is 5.68. The van der Waals surface area contributed by atoms with Crippen molar-refractivity contribution >= 4 is 44.7 Å². The van der Waals surface area contributed by atoms with Gasteiger partial charge in [-0.1, -0.05) is 12.1 Å². The molecular formula is C19H21N3O2S2. The lowest BCUT2D eigenvalue weighted by molar-refractivity contribution is -0.131. The number of amides is 2. The molecule has 0 aliphatic rings. The van der Waals surface area contributed by atoms with Gasteiger partial charge in [-0.05, 0) is 38.1 Å². The van der Waals surface area contributed by atoms with E-state index in [2.05, 4.69) is 4.98 Å². The summed E-state index contributed by atoms with van der Waals surface area (Å²) >= 11 is 3.03.